The first kappa shape index (κ1) is 10.3. The summed E-state index contributed by atoms with van der Waals surface area (Å²) in [6, 6.07) is 6.42. The van der Waals surface area contributed by atoms with Gasteiger partial charge in [-0.15, -0.1) is 0 Å². The van der Waals surface area contributed by atoms with Gasteiger partial charge in [0.2, 0.25) is 0 Å². The van der Waals surface area contributed by atoms with E-state index in [2.05, 4.69) is 10.3 Å². The van der Waals surface area contributed by atoms with Gasteiger partial charge in [0.15, 0.2) is 12.3 Å². The van der Waals surface area contributed by atoms with Gasteiger partial charge in [-0.05, 0) is 17.3 Å². The molecule has 0 unspecified atom stereocenters. The molecule has 2 N–H and O–H groups in total. The van der Waals surface area contributed by atoms with E-state index in [0.717, 1.165) is 0 Å². The molecule has 0 aromatic heterocycles. The minimum Gasteiger partial charge on any atom is -0.507 e. The van der Waals surface area contributed by atoms with Crippen LogP contribution in [-0.4, -0.2) is 35.1 Å². The van der Waals surface area contributed by atoms with Gasteiger partial charge in [-0.2, -0.15) is 0 Å². The van der Waals surface area contributed by atoms with Crippen LogP contribution in [0.4, 0.5) is 0 Å². The second-order valence-corrected chi connectivity index (χ2v) is 3.04. The summed E-state index contributed by atoms with van der Waals surface area (Å²) in [6.07, 6.45) is 0. The Bertz CT molecular complexity index is 442. The Labute approximate surface area is 91.4 Å². The van der Waals surface area contributed by atoms with E-state index in [9.17, 15) is 5.11 Å². The largest absolute Gasteiger partial charge is 0.507 e. The summed E-state index contributed by atoms with van der Waals surface area (Å²) < 4.78 is 5.16. The molecular formula is C10H10N2O4. The van der Waals surface area contributed by atoms with Crippen molar-refractivity contribution >= 4 is 11.6 Å². The summed E-state index contributed by atoms with van der Waals surface area (Å²) >= 11 is 0. The predicted molar refractivity (Wildman–Crippen MR) is 55.8 cm³/mol. The highest BCUT2D eigenvalue weighted by molar-refractivity contribution is 6.45. The molecule has 0 atom stereocenters. The van der Waals surface area contributed by atoms with E-state index in [1.54, 1.807) is 18.2 Å². The molecule has 0 bridgehead atoms. The van der Waals surface area contributed by atoms with E-state index in [-0.39, 0.29) is 17.4 Å². The molecule has 0 radical (unpaired) electrons. The Balaban J connectivity index is 2.37. The van der Waals surface area contributed by atoms with Crippen molar-refractivity contribution in [2.24, 2.45) is 10.3 Å². The maximum absolute atomic E-state index is 9.60. The van der Waals surface area contributed by atoms with Crippen molar-refractivity contribution in [3.63, 3.8) is 0 Å². The number of phenols is 1. The summed E-state index contributed by atoms with van der Waals surface area (Å²) in [6.45, 7) is 0.675. The Kier molecular flexibility index (Phi) is 2.90. The predicted octanol–water partition coefficient (Wildman–Crippen LogP) is 0.931. The van der Waals surface area contributed by atoms with Gasteiger partial charge in [0.25, 0.3) is 5.90 Å². The molecule has 0 aliphatic carbocycles. The smallest absolute Gasteiger partial charge is 0.280 e. The van der Waals surface area contributed by atoms with Crippen molar-refractivity contribution in [1.29, 1.82) is 0 Å². The highest BCUT2D eigenvalue weighted by Crippen LogP contribution is 2.18. The molecule has 0 spiro atoms. The molecular weight excluding hydrogens is 212 g/mol. The van der Waals surface area contributed by atoms with Crippen molar-refractivity contribution < 1.29 is 19.9 Å². The van der Waals surface area contributed by atoms with E-state index in [1.807, 2.05) is 0 Å². The van der Waals surface area contributed by atoms with Gasteiger partial charge in [-0.1, -0.05) is 17.3 Å². The molecule has 0 saturated carbocycles. The van der Waals surface area contributed by atoms with Crippen molar-refractivity contribution in [2.45, 2.75) is 0 Å². The zero-order valence-electron chi connectivity index (χ0n) is 8.33. The lowest BCUT2D eigenvalue weighted by atomic mass is 10.1. The van der Waals surface area contributed by atoms with Crippen LogP contribution in [0.15, 0.2) is 34.6 Å². The van der Waals surface area contributed by atoms with Crippen LogP contribution < -0.4 is 0 Å². The van der Waals surface area contributed by atoms with Crippen LogP contribution in [0.25, 0.3) is 0 Å². The van der Waals surface area contributed by atoms with Gasteiger partial charge in [0, 0.05) is 0 Å². The van der Waals surface area contributed by atoms with Crippen molar-refractivity contribution in [3.05, 3.63) is 29.8 Å². The summed E-state index contributed by atoms with van der Waals surface area (Å²) in [5.74, 6) is 0.0300. The van der Waals surface area contributed by atoms with E-state index in [4.69, 9.17) is 14.8 Å². The third kappa shape index (κ3) is 1.90. The van der Waals surface area contributed by atoms with Crippen molar-refractivity contribution in [1.82, 2.24) is 0 Å². The topological polar surface area (TPSA) is 83.6 Å². The summed E-state index contributed by atoms with van der Waals surface area (Å²) in [5.41, 5.74) is 0.368. The molecule has 6 heteroatoms. The monoisotopic (exact) mass is 222 g/mol. The molecule has 1 aromatic carbocycles. The lowest BCUT2D eigenvalue weighted by molar-refractivity contribution is 0.0674. The molecule has 0 fully saturated rings. The Morgan fingerprint density at radius 1 is 1.31 bits per heavy atom. The quantitative estimate of drug-likeness (QED) is 0.443. The molecule has 1 heterocycles. The normalized spacial score (nSPS) is 16.0. The number of oxime groups is 2. The van der Waals surface area contributed by atoms with Gasteiger partial charge >= 0.3 is 0 Å². The number of ether oxygens (including phenoxy) is 1. The molecule has 0 saturated heterocycles. The van der Waals surface area contributed by atoms with Crippen LogP contribution >= 0.6 is 0 Å². The third-order valence-electron chi connectivity index (χ3n) is 2.02. The van der Waals surface area contributed by atoms with Gasteiger partial charge in [-0.25, -0.2) is 0 Å². The lowest BCUT2D eigenvalue weighted by Gasteiger charge is -2.14. The standard InChI is InChI=1S/C10H10N2O4/c13-8-4-2-1-3-7(8)9(11-14)10-12-16-6-5-15-10/h1-4,13-14H,5-6H2/b11-9+. The fourth-order valence-corrected chi connectivity index (χ4v) is 1.30. The minimum atomic E-state index is -0.0211. The average molecular weight is 222 g/mol. The van der Waals surface area contributed by atoms with Crippen LogP contribution in [0.5, 0.6) is 5.75 Å². The van der Waals surface area contributed by atoms with Crippen molar-refractivity contribution in [2.75, 3.05) is 13.2 Å². The fourth-order valence-electron chi connectivity index (χ4n) is 1.30. The van der Waals surface area contributed by atoms with Gasteiger partial charge < -0.3 is 19.9 Å². The number of para-hydroxylation sites is 1. The summed E-state index contributed by atoms with van der Waals surface area (Å²) in [4.78, 5) is 4.82. The highest BCUT2D eigenvalue weighted by Gasteiger charge is 2.20. The van der Waals surface area contributed by atoms with E-state index in [1.165, 1.54) is 6.07 Å². The molecule has 0 amide bonds. The molecule has 84 valence electrons. The molecule has 6 nitrogen and oxygen atoms in total. The number of hydrogen-bond acceptors (Lipinski definition) is 6. The third-order valence-corrected chi connectivity index (χ3v) is 2.02. The van der Waals surface area contributed by atoms with Crippen LogP contribution in [0, 0.1) is 0 Å². The van der Waals surface area contributed by atoms with Gasteiger partial charge in [0.1, 0.15) is 12.4 Å². The first-order valence-corrected chi connectivity index (χ1v) is 4.66. The second kappa shape index (κ2) is 4.52. The lowest BCUT2D eigenvalue weighted by Crippen LogP contribution is -2.25. The van der Waals surface area contributed by atoms with E-state index < -0.39 is 0 Å². The number of nitrogens with zero attached hydrogens (tertiary/aromatic N) is 2. The maximum atomic E-state index is 9.60. The van der Waals surface area contributed by atoms with E-state index in [0.29, 0.717) is 18.8 Å². The summed E-state index contributed by atoms with van der Waals surface area (Å²) in [7, 11) is 0. The van der Waals surface area contributed by atoms with Crippen LogP contribution in [-0.2, 0) is 9.57 Å². The van der Waals surface area contributed by atoms with Crippen LogP contribution in [0.3, 0.4) is 0 Å². The van der Waals surface area contributed by atoms with Crippen LogP contribution in [0.1, 0.15) is 5.56 Å². The average Bonchev–Trinajstić information content (AvgIpc) is 2.34. The summed E-state index contributed by atoms with van der Waals surface area (Å²) in [5, 5.41) is 25.2. The number of benzene rings is 1. The van der Waals surface area contributed by atoms with Gasteiger partial charge in [-0.3, -0.25) is 0 Å². The molecule has 1 aromatic rings. The Morgan fingerprint density at radius 2 is 2.12 bits per heavy atom. The fraction of sp³-hybridized carbons (Fsp3) is 0.200. The Morgan fingerprint density at radius 3 is 2.75 bits per heavy atom. The molecule has 1 aliphatic heterocycles. The zero-order valence-corrected chi connectivity index (χ0v) is 8.33. The number of rotatable bonds is 2. The van der Waals surface area contributed by atoms with Gasteiger partial charge in [0.05, 0.1) is 5.56 Å². The van der Waals surface area contributed by atoms with Crippen LogP contribution in [0.2, 0.25) is 0 Å². The number of hydrogen-bond donors (Lipinski definition) is 2. The van der Waals surface area contributed by atoms with Crippen molar-refractivity contribution in [3.8, 4) is 5.75 Å². The van der Waals surface area contributed by atoms with E-state index >= 15 is 0 Å². The molecule has 16 heavy (non-hydrogen) atoms. The SMILES string of the molecule is O/N=C(/C1=NOCCO1)c1ccccc1O. The zero-order chi connectivity index (χ0) is 11.4. The molecule has 2 rings (SSSR count). The number of phenolic OH excluding ortho intramolecular Hbond substituents is 1. The Hall–Kier alpha value is -2.24. The number of aromatic hydroxyl groups is 1. The first-order valence-electron chi connectivity index (χ1n) is 4.66. The second-order valence-electron chi connectivity index (χ2n) is 3.04. The minimum absolute atomic E-state index is 0.0211. The maximum Gasteiger partial charge on any atom is 0.280 e. The molecule has 1 aliphatic rings. The first-order chi connectivity index (χ1) is 7.83. The highest BCUT2D eigenvalue weighted by atomic mass is 16.7.